The van der Waals surface area contributed by atoms with Gasteiger partial charge in [0.25, 0.3) is 0 Å². The second-order valence-electron chi connectivity index (χ2n) is 2.86. The zero-order chi connectivity index (χ0) is 10.0. The van der Waals surface area contributed by atoms with Crippen LogP contribution in [0.4, 0.5) is 5.69 Å². The molecule has 1 aromatic rings. The van der Waals surface area contributed by atoms with Crippen molar-refractivity contribution in [3.63, 3.8) is 0 Å². The first-order valence-corrected chi connectivity index (χ1v) is 4.18. The average molecular weight is 196 g/mol. The van der Waals surface area contributed by atoms with Crippen LogP contribution in [0.15, 0.2) is 12.1 Å². The highest BCUT2D eigenvalue weighted by Crippen LogP contribution is 2.26. The lowest BCUT2D eigenvalue weighted by Gasteiger charge is -2.08. The molecular weight excluding hydrogens is 186 g/mol. The molecule has 3 nitrogen and oxygen atoms in total. The fraction of sp³-hybridized carbons (Fsp3) is 0.222. The highest BCUT2D eigenvalue weighted by molar-refractivity contribution is 6.33. The van der Waals surface area contributed by atoms with Crippen LogP contribution in [0.1, 0.15) is 24.1 Å². The Balaban J connectivity index is 3.32. The summed E-state index contributed by atoms with van der Waals surface area (Å²) in [5, 5.41) is 9.10. The molecule has 4 N–H and O–H groups in total. The Bertz CT molecular complexity index is 366. The van der Waals surface area contributed by atoms with Gasteiger partial charge < -0.3 is 11.5 Å². The van der Waals surface area contributed by atoms with Crippen LogP contribution in [0.2, 0.25) is 5.02 Å². The standard InChI is InChI=1S/C9H10ClN3/c1-5(12)6-2-7(4-11)9(13)8(10)3-6/h2-3,5H,12-13H2,1H3/t5-/m1/s1. The van der Waals surface area contributed by atoms with E-state index < -0.39 is 0 Å². The minimum Gasteiger partial charge on any atom is -0.396 e. The maximum absolute atomic E-state index is 8.72. The van der Waals surface area contributed by atoms with Gasteiger partial charge >= 0.3 is 0 Å². The molecule has 0 fully saturated rings. The van der Waals surface area contributed by atoms with Crippen molar-refractivity contribution in [2.45, 2.75) is 13.0 Å². The molecule has 0 aromatic heterocycles. The summed E-state index contributed by atoms with van der Waals surface area (Å²) in [4.78, 5) is 0. The molecule has 13 heavy (non-hydrogen) atoms. The third-order valence-corrected chi connectivity index (χ3v) is 2.11. The van der Waals surface area contributed by atoms with Crippen molar-refractivity contribution in [3.05, 3.63) is 28.3 Å². The van der Waals surface area contributed by atoms with Crippen molar-refractivity contribution >= 4 is 17.3 Å². The lowest BCUT2D eigenvalue weighted by Crippen LogP contribution is -2.06. The number of benzene rings is 1. The number of halogens is 1. The molecule has 0 spiro atoms. The van der Waals surface area contributed by atoms with Gasteiger partial charge in [-0.2, -0.15) is 5.26 Å². The molecule has 0 radical (unpaired) electrons. The van der Waals surface area contributed by atoms with E-state index in [0.717, 1.165) is 5.56 Å². The van der Waals surface area contributed by atoms with Crippen molar-refractivity contribution in [3.8, 4) is 6.07 Å². The van der Waals surface area contributed by atoms with Crippen LogP contribution in [-0.2, 0) is 0 Å². The van der Waals surface area contributed by atoms with E-state index in [1.165, 1.54) is 0 Å². The van der Waals surface area contributed by atoms with Gasteiger partial charge in [-0.3, -0.25) is 0 Å². The lowest BCUT2D eigenvalue weighted by atomic mass is 10.0. The monoisotopic (exact) mass is 195 g/mol. The highest BCUT2D eigenvalue weighted by atomic mass is 35.5. The number of anilines is 1. The number of nitrogens with zero attached hydrogens (tertiary/aromatic N) is 1. The maximum atomic E-state index is 8.72. The van der Waals surface area contributed by atoms with Crippen molar-refractivity contribution in [2.75, 3.05) is 5.73 Å². The molecule has 0 aliphatic rings. The smallest absolute Gasteiger partial charge is 0.101 e. The van der Waals surface area contributed by atoms with E-state index in [0.29, 0.717) is 16.3 Å². The van der Waals surface area contributed by atoms with Gasteiger partial charge in [0.1, 0.15) is 6.07 Å². The van der Waals surface area contributed by atoms with Gasteiger partial charge in [0.2, 0.25) is 0 Å². The average Bonchev–Trinajstić information content (AvgIpc) is 2.09. The van der Waals surface area contributed by atoms with Crippen LogP contribution in [0.25, 0.3) is 0 Å². The summed E-state index contributed by atoms with van der Waals surface area (Å²) in [7, 11) is 0. The molecule has 0 saturated carbocycles. The second kappa shape index (κ2) is 3.65. The molecule has 1 aromatic carbocycles. The van der Waals surface area contributed by atoms with Gasteiger partial charge in [0.15, 0.2) is 0 Å². The zero-order valence-corrected chi connectivity index (χ0v) is 7.97. The van der Waals surface area contributed by atoms with E-state index in [-0.39, 0.29) is 6.04 Å². The van der Waals surface area contributed by atoms with Gasteiger partial charge in [0, 0.05) is 6.04 Å². The van der Waals surface area contributed by atoms with Crippen LogP contribution >= 0.6 is 11.6 Å². The molecule has 0 unspecified atom stereocenters. The van der Waals surface area contributed by atoms with Crippen molar-refractivity contribution in [1.82, 2.24) is 0 Å². The quantitative estimate of drug-likeness (QED) is 0.671. The molecule has 0 aliphatic carbocycles. The highest BCUT2D eigenvalue weighted by Gasteiger charge is 2.08. The third-order valence-electron chi connectivity index (χ3n) is 1.80. The molecule has 4 heteroatoms. The summed E-state index contributed by atoms with van der Waals surface area (Å²) in [6, 6.07) is 5.16. The molecule has 1 rings (SSSR count). The number of hydrogen-bond donors (Lipinski definition) is 2. The fourth-order valence-corrected chi connectivity index (χ4v) is 1.22. The lowest BCUT2D eigenvalue weighted by molar-refractivity contribution is 0.818. The Hall–Kier alpha value is -1.24. The summed E-state index contributed by atoms with van der Waals surface area (Å²) >= 11 is 5.81. The van der Waals surface area contributed by atoms with Crippen LogP contribution in [0, 0.1) is 11.3 Å². The predicted molar refractivity (Wildman–Crippen MR) is 53.2 cm³/mol. The minimum absolute atomic E-state index is 0.148. The molecule has 0 heterocycles. The second-order valence-corrected chi connectivity index (χ2v) is 3.27. The van der Waals surface area contributed by atoms with E-state index >= 15 is 0 Å². The van der Waals surface area contributed by atoms with Crippen LogP contribution in [0.5, 0.6) is 0 Å². The first kappa shape index (κ1) is 9.85. The fourth-order valence-electron chi connectivity index (χ4n) is 0.994. The van der Waals surface area contributed by atoms with Gasteiger partial charge in [-0.15, -0.1) is 0 Å². The Morgan fingerprint density at radius 3 is 2.62 bits per heavy atom. The number of nitrogens with two attached hydrogens (primary N) is 2. The number of hydrogen-bond acceptors (Lipinski definition) is 3. The largest absolute Gasteiger partial charge is 0.396 e. The summed E-state index contributed by atoms with van der Waals surface area (Å²) in [5.74, 6) is 0. The molecule has 1 atom stereocenters. The van der Waals surface area contributed by atoms with E-state index in [1.807, 2.05) is 13.0 Å². The van der Waals surface area contributed by atoms with E-state index in [9.17, 15) is 0 Å². The van der Waals surface area contributed by atoms with Gasteiger partial charge in [-0.1, -0.05) is 11.6 Å². The molecule has 0 amide bonds. The number of nitrogen functional groups attached to an aromatic ring is 1. The van der Waals surface area contributed by atoms with E-state index in [1.54, 1.807) is 12.1 Å². The molecule has 0 saturated heterocycles. The van der Waals surface area contributed by atoms with Gasteiger partial charge in [0.05, 0.1) is 16.3 Å². The van der Waals surface area contributed by atoms with Gasteiger partial charge in [-0.05, 0) is 24.6 Å². The zero-order valence-electron chi connectivity index (χ0n) is 7.21. The number of rotatable bonds is 1. The van der Waals surface area contributed by atoms with Crippen LogP contribution in [-0.4, -0.2) is 0 Å². The van der Waals surface area contributed by atoms with Crippen LogP contribution in [0.3, 0.4) is 0 Å². The summed E-state index contributed by atoms with van der Waals surface area (Å²) in [6.07, 6.45) is 0. The molecular formula is C9H10ClN3. The normalized spacial score (nSPS) is 12.2. The SMILES string of the molecule is C[C@@H](N)c1cc(Cl)c(N)c(C#N)c1. The minimum atomic E-state index is -0.148. The Morgan fingerprint density at radius 1 is 1.54 bits per heavy atom. The first-order valence-electron chi connectivity index (χ1n) is 3.81. The number of nitriles is 1. The summed E-state index contributed by atoms with van der Waals surface area (Å²) in [6.45, 7) is 1.82. The van der Waals surface area contributed by atoms with Gasteiger partial charge in [-0.25, -0.2) is 0 Å². The molecule has 0 bridgehead atoms. The maximum Gasteiger partial charge on any atom is 0.101 e. The third kappa shape index (κ3) is 1.92. The van der Waals surface area contributed by atoms with E-state index in [2.05, 4.69) is 0 Å². The Morgan fingerprint density at radius 2 is 2.15 bits per heavy atom. The van der Waals surface area contributed by atoms with E-state index in [4.69, 9.17) is 28.3 Å². The Labute approximate surface area is 81.9 Å². The summed E-state index contributed by atoms with van der Waals surface area (Å²) in [5.41, 5.74) is 12.7. The molecule has 0 aliphatic heterocycles. The van der Waals surface area contributed by atoms with Crippen molar-refractivity contribution in [1.29, 1.82) is 5.26 Å². The Kier molecular flexibility index (Phi) is 2.76. The molecule has 68 valence electrons. The van der Waals surface area contributed by atoms with Crippen molar-refractivity contribution in [2.24, 2.45) is 5.73 Å². The van der Waals surface area contributed by atoms with Crippen LogP contribution < -0.4 is 11.5 Å². The predicted octanol–water partition coefficient (Wildman–Crippen LogP) is 1.81. The first-order chi connectivity index (χ1) is 6.06. The summed E-state index contributed by atoms with van der Waals surface area (Å²) < 4.78 is 0. The van der Waals surface area contributed by atoms with Crippen molar-refractivity contribution < 1.29 is 0 Å². The topological polar surface area (TPSA) is 75.8 Å².